The molecular formula is C20H18FN5O2. The van der Waals surface area contributed by atoms with E-state index in [1.54, 1.807) is 6.07 Å². The van der Waals surface area contributed by atoms with E-state index in [1.165, 1.54) is 25.1 Å². The van der Waals surface area contributed by atoms with Crippen molar-refractivity contribution in [2.24, 2.45) is 5.92 Å². The fourth-order valence-corrected chi connectivity index (χ4v) is 3.43. The number of ether oxygens (including phenoxy) is 1. The van der Waals surface area contributed by atoms with Gasteiger partial charge in [0.1, 0.15) is 22.5 Å². The van der Waals surface area contributed by atoms with Crippen LogP contribution >= 0.6 is 0 Å². The van der Waals surface area contributed by atoms with Crippen molar-refractivity contribution < 1.29 is 9.13 Å². The summed E-state index contributed by atoms with van der Waals surface area (Å²) < 4.78 is 20.0. The van der Waals surface area contributed by atoms with Crippen LogP contribution in [-0.2, 0) is 0 Å². The molecule has 7 nitrogen and oxygen atoms in total. The van der Waals surface area contributed by atoms with Crippen LogP contribution < -0.4 is 16.0 Å². The molecule has 0 aliphatic heterocycles. The van der Waals surface area contributed by atoms with Crippen LogP contribution in [0.5, 0.6) is 5.88 Å². The van der Waals surface area contributed by atoms with E-state index < -0.39 is 11.4 Å². The van der Waals surface area contributed by atoms with Gasteiger partial charge < -0.3 is 15.5 Å². The number of aryl methyl sites for hydroxylation is 1. The first-order chi connectivity index (χ1) is 13.5. The Morgan fingerprint density at radius 2 is 2.18 bits per heavy atom. The number of aromatic amines is 2. The summed E-state index contributed by atoms with van der Waals surface area (Å²) in [4.78, 5) is 19.9. The number of benzene rings is 1. The number of anilines is 1. The van der Waals surface area contributed by atoms with Gasteiger partial charge in [-0.3, -0.25) is 9.89 Å². The molecular weight excluding hydrogens is 361 g/mol. The summed E-state index contributed by atoms with van der Waals surface area (Å²) in [6.45, 7) is 2.51. The van der Waals surface area contributed by atoms with Gasteiger partial charge in [0.05, 0.1) is 18.3 Å². The van der Waals surface area contributed by atoms with E-state index in [4.69, 9.17) is 10.5 Å². The summed E-state index contributed by atoms with van der Waals surface area (Å²) in [6, 6.07) is 4.73. The SMILES string of the molecule is Cc1cc2[nH]c(=O)c(N)c(-c3ccc(F)c4[nH]ncc34)c2nc1OCC1CC1. The first-order valence-electron chi connectivity index (χ1n) is 9.11. The van der Waals surface area contributed by atoms with Crippen molar-refractivity contribution in [3.63, 3.8) is 0 Å². The summed E-state index contributed by atoms with van der Waals surface area (Å²) in [5, 5.41) is 7.10. The highest BCUT2D eigenvalue weighted by atomic mass is 19.1. The van der Waals surface area contributed by atoms with E-state index in [0.717, 1.165) is 5.56 Å². The first kappa shape index (κ1) is 16.7. The second-order valence-corrected chi connectivity index (χ2v) is 7.26. The summed E-state index contributed by atoms with van der Waals surface area (Å²) in [6.07, 6.45) is 3.86. The van der Waals surface area contributed by atoms with Crippen molar-refractivity contribution >= 4 is 27.6 Å². The van der Waals surface area contributed by atoms with Gasteiger partial charge in [0.15, 0.2) is 0 Å². The van der Waals surface area contributed by atoms with Gasteiger partial charge in [-0.1, -0.05) is 6.07 Å². The largest absolute Gasteiger partial charge is 0.477 e. The van der Waals surface area contributed by atoms with Gasteiger partial charge in [0, 0.05) is 16.5 Å². The predicted octanol–water partition coefficient (Wildman–Crippen LogP) is 3.28. The van der Waals surface area contributed by atoms with Crippen LogP contribution in [-0.4, -0.2) is 26.8 Å². The van der Waals surface area contributed by atoms with Crippen LogP contribution in [0.4, 0.5) is 10.1 Å². The molecule has 4 N–H and O–H groups in total. The van der Waals surface area contributed by atoms with Gasteiger partial charge >= 0.3 is 0 Å². The Morgan fingerprint density at radius 1 is 1.36 bits per heavy atom. The second-order valence-electron chi connectivity index (χ2n) is 7.26. The molecule has 4 aromatic rings. The van der Waals surface area contributed by atoms with Crippen LogP contribution in [0.15, 0.2) is 29.2 Å². The number of hydrogen-bond acceptors (Lipinski definition) is 5. The van der Waals surface area contributed by atoms with E-state index in [0.29, 0.717) is 46.0 Å². The van der Waals surface area contributed by atoms with Crippen molar-refractivity contribution in [3.05, 3.63) is 46.1 Å². The highest BCUT2D eigenvalue weighted by Crippen LogP contribution is 2.37. The number of pyridine rings is 2. The predicted molar refractivity (Wildman–Crippen MR) is 105 cm³/mol. The molecule has 8 heteroatoms. The third kappa shape index (κ3) is 2.60. The quantitative estimate of drug-likeness (QED) is 0.504. The average molecular weight is 379 g/mol. The molecule has 0 saturated heterocycles. The Balaban J connectivity index is 1.79. The van der Waals surface area contributed by atoms with Crippen LogP contribution in [0, 0.1) is 18.7 Å². The van der Waals surface area contributed by atoms with E-state index in [9.17, 15) is 9.18 Å². The maximum Gasteiger partial charge on any atom is 0.272 e. The van der Waals surface area contributed by atoms with E-state index >= 15 is 0 Å². The molecule has 142 valence electrons. The number of rotatable bonds is 4. The number of H-pyrrole nitrogens is 2. The van der Waals surface area contributed by atoms with Gasteiger partial charge in [-0.25, -0.2) is 9.37 Å². The van der Waals surface area contributed by atoms with Gasteiger partial charge in [0.25, 0.3) is 5.56 Å². The van der Waals surface area contributed by atoms with Crippen molar-refractivity contribution in [2.75, 3.05) is 12.3 Å². The number of nitrogen functional groups attached to an aromatic ring is 1. The fraction of sp³-hybridized carbons (Fsp3) is 0.250. The zero-order valence-electron chi connectivity index (χ0n) is 15.2. The van der Waals surface area contributed by atoms with Crippen molar-refractivity contribution in [1.82, 2.24) is 20.2 Å². The smallest absolute Gasteiger partial charge is 0.272 e. The molecule has 28 heavy (non-hydrogen) atoms. The summed E-state index contributed by atoms with van der Waals surface area (Å²) in [7, 11) is 0. The molecule has 0 radical (unpaired) electrons. The number of halogens is 1. The molecule has 0 amide bonds. The number of nitrogens with two attached hydrogens (primary N) is 1. The van der Waals surface area contributed by atoms with E-state index in [2.05, 4.69) is 20.2 Å². The normalized spacial score (nSPS) is 14.1. The summed E-state index contributed by atoms with van der Waals surface area (Å²) >= 11 is 0. The zero-order chi connectivity index (χ0) is 19.4. The Morgan fingerprint density at radius 3 is 2.96 bits per heavy atom. The van der Waals surface area contributed by atoms with Crippen molar-refractivity contribution in [3.8, 4) is 17.0 Å². The van der Waals surface area contributed by atoms with Gasteiger partial charge in [-0.15, -0.1) is 0 Å². The minimum atomic E-state index is -0.429. The minimum Gasteiger partial charge on any atom is -0.477 e. The molecule has 0 spiro atoms. The molecule has 5 rings (SSSR count). The van der Waals surface area contributed by atoms with Gasteiger partial charge in [0.2, 0.25) is 5.88 Å². The molecule has 0 bridgehead atoms. The van der Waals surface area contributed by atoms with Crippen LogP contribution in [0.25, 0.3) is 33.1 Å². The molecule has 1 aliphatic carbocycles. The third-order valence-electron chi connectivity index (χ3n) is 5.15. The molecule has 1 fully saturated rings. The van der Waals surface area contributed by atoms with Crippen molar-refractivity contribution in [1.29, 1.82) is 0 Å². The Kier molecular flexibility index (Phi) is 3.61. The number of hydrogen-bond donors (Lipinski definition) is 3. The summed E-state index contributed by atoms with van der Waals surface area (Å²) in [5.74, 6) is 0.665. The van der Waals surface area contributed by atoms with Gasteiger partial charge in [-0.2, -0.15) is 5.10 Å². The van der Waals surface area contributed by atoms with E-state index in [-0.39, 0.29) is 11.2 Å². The Hall–Kier alpha value is -3.42. The molecule has 1 aromatic carbocycles. The lowest BCUT2D eigenvalue weighted by Gasteiger charge is -2.14. The number of nitrogens with one attached hydrogen (secondary N) is 2. The third-order valence-corrected chi connectivity index (χ3v) is 5.15. The lowest BCUT2D eigenvalue weighted by atomic mass is 9.99. The standard InChI is InChI=1S/C20H18FN5O2/c1-9-6-14-18(25-20(9)28-8-10-2-3-10)15(16(22)19(27)24-14)11-4-5-13(21)17-12(11)7-23-26-17/h4-7,10H,2-3,8,22H2,1H3,(H,23,26)(H,24,27). The topological polar surface area (TPSA) is 110 Å². The maximum absolute atomic E-state index is 14.1. The second kappa shape index (κ2) is 6.05. The maximum atomic E-state index is 14.1. The number of nitrogens with zero attached hydrogens (tertiary/aromatic N) is 2. The van der Waals surface area contributed by atoms with Crippen molar-refractivity contribution in [2.45, 2.75) is 19.8 Å². The van der Waals surface area contributed by atoms with Crippen LogP contribution in [0.1, 0.15) is 18.4 Å². The molecule has 0 unspecified atom stereocenters. The number of aromatic nitrogens is 4. The monoisotopic (exact) mass is 379 g/mol. The first-order valence-corrected chi connectivity index (χ1v) is 9.11. The molecule has 3 aromatic heterocycles. The zero-order valence-corrected chi connectivity index (χ0v) is 15.2. The highest BCUT2D eigenvalue weighted by molar-refractivity contribution is 6.06. The highest BCUT2D eigenvalue weighted by Gasteiger charge is 2.23. The van der Waals surface area contributed by atoms with E-state index in [1.807, 2.05) is 13.0 Å². The molecule has 1 saturated carbocycles. The number of fused-ring (bicyclic) bond motifs is 2. The summed E-state index contributed by atoms with van der Waals surface area (Å²) in [5.41, 5.74) is 8.91. The van der Waals surface area contributed by atoms with Crippen LogP contribution in [0.2, 0.25) is 0 Å². The van der Waals surface area contributed by atoms with Gasteiger partial charge in [-0.05, 0) is 43.4 Å². The molecule has 1 aliphatic rings. The average Bonchev–Trinajstić information content (AvgIpc) is 3.36. The fourth-order valence-electron chi connectivity index (χ4n) is 3.43. The van der Waals surface area contributed by atoms with Crippen LogP contribution in [0.3, 0.4) is 0 Å². The Labute approximate surface area is 158 Å². The lowest BCUT2D eigenvalue weighted by molar-refractivity contribution is 0.287. The molecule has 3 heterocycles. The minimum absolute atomic E-state index is 0.0195. The Bertz CT molecular complexity index is 1290. The lowest BCUT2D eigenvalue weighted by Crippen LogP contribution is -2.14. The molecule has 0 atom stereocenters.